The Bertz CT molecular complexity index is 275. The van der Waals surface area contributed by atoms with Crippen LogP contribution in [0.4, 0.5) is 0 Å². The summed E-state index contributed by atoms with van der Waals surface area (Å²) in [5.74, 6) is 0.827. The van der Waals surface area contributed by atoms with E-state index < -0.39 is 0 Å². The van der Waals surface area contributed by atoms with Gasteiger partial charge in [0.25, 0.3) is 0 Å². The molecule has 0 aliphatic heterocycles. The SMILES string of the molecule is CCCCCC(CCC)c1csc(CC)c1. The van der Waals surface area contributed by atoms with Gasteiger partial charge in [0.05, 0.1) is 0 Å². The first-order valence-corrected chi connectivity index (χ1v) is 7.77. The molecular formula is C15H26S. The Morgan fingerprint density at radius 2 is 1.88 bits per heavy atom. The van der Waals surface area contributed by atoms with Crippen molar-refractivity contribution in [1.82, 2.24) is 0 Å². The minimum atomic E-state index is 0.827. The molecule has 0 aliphatic rings. The number of thiophene rings is 1. The summed E-state index contributed by atoms with van der Waals surface area (Å²) in [7, 11) is 0. The summed E-state index contributed by atoms with van der Waals surface area (Å²) in [5, 5.41) is 2.39. The first-order valence-electron chi connectivity index (χ1n) is 6.89. The quantitative estimate of drug-likeness (QED) is 0.504. The molecule has 1 heterocycles. The van der Waals surface area contributed by atoms with Crippen molar-refractivity contribution in [2.24, 2.45) is 0 Å². The third kappa shape index (κ3) is 4.29. The average Bonchev–Trinajstić information content (AvgIpc) is 2.76. The highest BCUT2D eigenvalue weighted by atomic mass is 32.1. The van der Waals surface area contributed by atoms with Gasteiger partial charge in [-0.25, -0.2) is 0 Å². The van der Waals surface area contributed by atoms with Gasteiger partial charge in [0.1, 0.15) is 0 Å². The summed E-state index contributed by atoms with van der Waals surface area (Å²) >= 11 is 1.94. The lowest BCUT2D eigenvalue weighted by Gasteiger charge is -2.14. The van der Waals surface area contributed by atoms with Crippen molar-refractivity contribution in [1.29, 1.82) is 0 Å². The standard InChI is InChI=1S/C15H26S/c1-4-7-8-10-13(9-5-2)14-11-15(6-3)16-12-14/h11-13H,4-10H2,1-3H3. The van der Waals surface area contributed by atoms with Gasteiger partial charge in [0.2, 0.25) is 0 Å². The van der Waals surface area contributed by atoms with Gasteiger partial charge >= 0.3 is 0 Å². The van der Waals surface area contributed by atoms with Crippen molar-refractivity contribution in [3.8, 4) is 0 Å². The molecule has 16 heavy (non-hydrogen) atoms. The van der Waals surface area contributed by atoms with E-state index in [-0.39, 0.29) is 0 Å². The fourth-order valence-corrected chi connectivity index (χ4v) is 3.18. The summed E-state index contributed by atoms with van der Waals surface area (Å²) in [6, 6.07) is 2.44. The zero-order valence-electron chi connectivity index (χ0n) is 11.1. The van der Waals surface area contributed by atoms with Crippen LogP contribution in [0.1, 0.15) is 75.7 Å². The smallest absolute Gasteiger partial charge is 0.00454 e. The van der Waals surface area contributed by atoms with Gasteiger partial charge in [-0.3, -0.25) is 0 Å². The number of hydrogen-bond donors (Lipinski definition) is 0. The third-order valence-corrected chi connectivity index (χ3v) is 4.39. The number of unbranched alkanes of at least 4 members (excludes halogenated alkanes) is 2. The minimum absolute atomic E-state index is 0.827. The van der Waals surface area contributed by atoms with E-state index >= 15 is 0 Å². The number of rotatable bonds is 8. The summed E-state index contributed by atoms with van der Waals surface area (Å²) in [6.45, 7) is 6.84. The molecule has 92 valence electrons. The van der Waals surface area contributed by atoms with Gasteiger partial charge in [-0.05, 0) is 42.2 Å². The van der Waals surface area contributed by atoms with Crippen LogP contribution in [0.25, 0.3) is 0 Å². The van der Waals surface area contributed by atoms with Gasteiger partial charge in [-0.2, -0.15) is 0 Å². The molecule has 1 rings (SSSR count). The lowest BCUT2D eigenvalue weighted by molar-refractivity contribution is 0.530. The zero-order chi connectivity index (χ0) is 11.8. The molecule has 0 amide bonds. The highest BCUT2D eigenvalue weighted by Crippen LogP contribution is 2.30. The maximum absolute atomic E-state index is 2.44. The molecule has 0 aromatic carbocycles. The van der Waals surface area contributed by atoms with Crippen molar-refractivity contribution >= 4 is 11.3 Å². The van der Waals surface area contributed by atoms with Crippen LogP contribution in [-0.4, -0.2) is 0 Å². The van der Waals surface area contributed by atoms with E-state index in [1.54, 1.807) is 10.4 Å². The first kappa shape index (κ1) is 13.8. The molecule has 0 aliphatic carbocycles. The van der Waals surface area contributed by atoms with E-state index in [1.165, 1.54) is 44.9 Å². The van der Waals surface area contributed by atoms with E-state index in [1.807, 2.05) is 11.3 Å². The van der Waals surface area contributed by atoms with Gasteiger partial charge in [-0.15, -0.1) is 11.3 Å². The second kappa shape index (κ2) is 7.89. The van der Waals surface area contributed by atoms with Crippen molar-refractivity contribution < 1.29 is 0 Å². The first-order chi connectivity index (χ1) is 7.81. The summed E-state index contributed by atoms with van der Waals surface area (Å²) < 4.78 is 0. The van der Waals surface area contributed by atoms with Crippen LogP contribution >= 0.6 is 11.3 Å². The second-order valence-corrected chi connectivity index (χ2v) is 5.68. The molecule has 0 saturated carbocycles. The molecule has 1 unspecified atom stereocenters. The summed E-state index contributed by atoms with van der Waals surface area (Å²) in [5.41, 5.74) is 1.61. The van der Waals surface area contributed by atoms with Crippen LogP contribution in [0.3, 0.4) is 0 Å². The van der Waals surface area contributed by atoms with E-state index in [0.717, 1.165) is 5.92 Å². The third-order valence-electron chi connectivity index (χ3n) is 3.29. The Morgan fingerprint density at radius 1 is 1.06 bits per heavy atom. The van der Waals surface area contributed by atoms with Gasteiger partial charge < -0.3 is 0 Å². The van der Waals surface area contributed by atoms with Crippen molar-refractivity contribution in [2.45, 2.75) is 71.6 Å². The van der Waals surface area contributed by atoms with Crippen LogP contribution in [0.5, 0.6) is 0 Å². The highest BCUT2D eigenvalue weighted by Gasteiger charge is 2.11. The highest BCUT2D eigenvalue weighted by molar-refractivity contribution is 7.10. The van der Waals surface area contributed by atoms with Crippen LogP contribution in [-0.2, 0) is 6.42 Å². The molecule has 1 aromatic heterocycles. The van der Waals surface area contributed by atoms with Crippen LogP contribution in [0, 0.1) is 0 Å². The predicted molar refractivity (Wildman–Crippen MR) is 75.5 cm³/mol. The monoisotopic (exact) mass is 238 g/mol. The van der Waals surface area contributed by atoms with Gasteiger partial charge in [-0.1, -0.05) is 46.5 Å². The molecule has 0 nitrogen and oxygen atoms in total. The van der Waals surface area contributed by atoms with Crippen molar-refractivity contribution in [3.05, 3.63) is 21.9 Å². The average molecular weight is 238 g/mol. The Balaban J connectivity index is 2.54. The minimum Gasteiger partial charge on any atom is -0.149 e. The molecule has 0 saturated heterocycles. The molecular weight excluding hydrogens is 212 g/mol. The summed E-state index contributed by atoms with van der Waals surface area (Å²) in [6.07, 6.45) is 9.39. The topological polar surface area (TPSA) is 0 Å². The molecule has 1 atom stereocenters. The van der Waals surface area contributed by atoms with Crippen LogP contribution in [0.2, 0.25) is 0 Å². The Kier molecular flexibility index (Phi) is 6.79. The molecule has 1 aromatic rings. The predicted octanol–water partition coefficient (Wildman–Crippen LogP) is 5.77. The number of aryl methyl sites for hydroxylation is 1. The van der Waals surface area contributed by atoms with E-state index in [4.69, 9.17) is 0 Å². The van der Waals surface area contributed by atoms with Crippen molar-refractivity contribution in [2.75, 3.05) is 0 Å². The Hall–Kier alpha value is -0.300. The molecule has 0 bridgehead atoms. The normalized spacial score (nSPS) is 12.9. The molecule has 0 radical (unpaired) electrons. The maximum Gasteiger partial charge on any atom is 0.00454 e. The second-order valence-electron chi connectivity index (χ2n) is 4.68. The molecule has 0 N–H and O–H groups in total. The molecule has 1 heteroatoms. The van der Waals surface area contributed by atoms with Gasteiger partial charge in [0.15, 0.2) is 0 Å². The largest absolute Gasteiger partial charge is 0.149 e. The Labute approximate surface area is 105 Å². The fourth-order valence-electron chi connectivity index (χ4n) is 2.26. The van der Waals surface area contributed by atoms with Crippen LogP contribution < -0.4 is 0 Å². The molecule has 0 fully saturated rings. The van der Waals surface area contributed by atoms with E-state index in [9.17, 15) is 0 Å². The Morgan fingerprint density at radius 3 is 2.44 bits per heavy atom. The zero-order valence-corrected chi connectivity index (χ0v) is 11.9. The number of hydrogen-bond acceptors (Lipinski definition) is 1. The lowest BCUT2D eigenvalue weighted by atomic mass is 9.91. The van der Waals surface area contributed by atoms with Gasteiger partial charge in [0, 0.05) is 4.88 Å². The van der Waals surface area contributed by atoms with Crippen molar-refractivity contribution in [3.63, 3.8) is 0 Å². The fraction of sp³-hybridized carbons (Fsp3) is 0.733. The lowest BCUT2D eigenvalue weighted by Crippen LogP contribution is -1.97. The van der Waals surface area contributed by atoms with Crippen LogP contribution in [0.15, 0.2) is 11.4 Å². The van der Waals surface area contributed by atoms with E-state index in [0.29, 0.717) is 0 Å². The van der Waals surface area contributed by atoms with E-state index in [2.05, 4.69) is 32.2 Å². The maximum atomic E-state index is 2.44. The summed E-state index contributed by atoms with van der Waals surface area (Å²) in [4.78, 5) is 1.55. The molecule has 0 spiro atoms.